The second-order valence-electron chi connectivity index (χ2n) is 5.25. The number of likely N-dealkylation sites (N-methyl/N-ethyl adjacent to an activating group) is 1. The van der Waals surface area contributed by atoms with Gasteiger partial charge >= 0.3 is 0 Å². The molecule has 0 fully saturated rings. The number of aromatic nitrogens is 2. The molecule has 0 radical (unpaired) electrons. The number of carbonyl (C=O) groups excluding carboxylic acids is 2. The standard InChI is InChI=1S/C16H16FN3O3/c1-10(21)15(16(23)19(2)3)20-14(22)9-8-13(18-20)11-4-6-12(17)7-5-11/h4-9,15H,1-3H3. The van der Waals surface area contributed by atoms with Gasteiger partial charge in [-0.25, -0.2) is 9.07 Å². The van der Waals surface area contributed by atoms with E-state index in [4.69, 9.17) is 0 Å². The fourth-order valence-electron chi connectivity index (χ4n) is 2.08. The highest BCUT2D eigenvalue weighted by molar-refractivity contribution is 6.02. The molecule has 1 unspecified atom stereocenters. The lowest BCUT2D eigenvalue weighted by Crippen LogP contribution is -2.41. The maximum absolute atomic E-state index is 13.0. The van der Waals surface area contributed by atoms with Crippen LogP contribution in [0.2, 0.25) is 0 Å². The molecule has 6 nitrogen and oxygen atoms in total. The fourth-order valence-corrected chi connectivity index (χ4v) is 2.08. The minimum Gasteiger partial charge on any atom is -0.347 e. The summed E-state index contributed by atoms with van der Waals surface area (Å²) in [5, 5.41) is 4.11. The number of benzene rings is 1. The summed E-state index contributed by atoms with van der Waals surface area (Å²) < 4.78 is 13.9. The second-order valence-corrected chi connectivity index (χ2v) is 5.25. The zero-order chi connectivity index (χ0) is 17.1. The van der Waals surface area contributed by atoms with Crippen molar-refractivity contribution in [3.05, 3.63) is 52.6 Å². The maximum Gasteiger partial charge on any atom is 0.267 e. The van der Waals surface area contributed by atoms with Crippen molar-refractivity contribution in [2.45, 2.75) is 13.0 Å². The van der Waals surface area contributed by atoms with Crippen LogP contribution in [0.4, 0.5) is 4.39 Å². The summed E-state index contributed by atoms with van der Waals surface area (Å²) in [6.45, 7) is 1.23. The highest BCUT2D eigenvalue weighted by Gasteiger charge is 2.29. The molecule has 0 aliphatic rings. The molecule has 1 atom stereocenters. The predicted octanol–water partition coefficient (Wildman–Crippen LogP) is 1.27. The van der Waals surface area contributed by atoms with Gasteiger partial charge in [0.1, 0.15) is 5.82 Å². The van der Waals surface area contributed by atoms with Crippen LogP contribution in [0, 0.1) is 5.82 Å². The highest BCUT2D eigenvalue weighted by atomic mass is 19.1. The SMILES string of the molecule is CC(=O)C(C(=O)N(C)C)n1nc(-c2ccc(F)cc2)ccc1=O. The van der Waals surface area contributed by atoms with Crippen LogP contribution in [0.15, 0.2) is 41.2 Å². The second kappa shape index (κ2) is 6.51. The first-order chi connectivity index (χ1) is 10.8. The van der Waals surface area contributed by atoms with Crippen LogP contribution in [0.25, 0.3) is 11.3 Å². The van der Waals surface area contributed by atoms with E-state index in [1.165, 1.54) is 62.3 Å². The molecule has 23 heavy (non-hydrogen) atoms. The summed E-state index contributed by atoms with van der Waals surface area (Å²) in [5.74, 6) is -1.43. The summed E-state index contributed by atoms with van der Waals surface area (Å²) in [6.07, 6.45) is 0. The molecule has 1 aromatic heterocycles. The van der Waals surface area contributed by atoms with Gasteiger partial charge in [-0.3, -0.25) is 14.4 Å². The number of hydrogen-bond acceptors (Lipinski definition) is 4. The van der Waals surface area contributed by atoms with Gasteiger partial charge < -0.3 is 4.90 Å². The predicted molar refractivity (Wildman–Crippen MR) is 82.3 cm³/mol. The van der Waals surface area contributed by atoms with Gasteiger partial charge in [-0.15, -0.1) is 0 Å². The maximum atomic E-state index is 13.0. The lowest BCUT2D eigenvalue weighted by Gasteiger charge is -2.19. The normalized spacial score (nSPS) is 11.8. The van der Waals surface area contributed by atoms with Crippen molar-refractivity contribution in [3.63, 3.8) is 0 Å². The zero-order valence-corrected chi connectivity index (χ0v) is 13.0. The lowest BCUT2D eigenvalue weighted by molar-refractivity contribution is -0.138. The molecule has 0 saturated carbocycles. The number of nitrogens with zero attached hydrogens (tertiary/aromatic N) is 3. The molecular formula is C16H16FN3O3. The van der Waals surface area contributed by atoms with Crippen LogP contribution >= 0.6 is 0 Å². The lowest BCUT2D eigenvalue weighted by atomic mass is 10.1. The Hall–Kier alpha value is -2.83. The molecule has 7 heteroatoms. The molecule has 0 N–H and O–H groups in total. The Morgan fingerprint density at radius 1 is 1.13 bits per heavy atom. The molecule has 120 valence electrons. The van der Waals surface area contributed by atoms with Crippen LogP contribution in [0.3, 0.4) is 0 Å². The molecule has 2 aromatic rings. The van der Waals surface area contributed by atoms with E-state index in [9.17, 15) is 18.8 Å². The van der Waals surface area contributed by atoms with Crippen molar-refractivity contribution < 1.29 is 14.0 Å². The summed E-state index contributed by atoms with van der Waals surface area (Å²) in [5.41, 5.74) is 0.369. The Morgan fingerprint density at radius 3 is 2.26 bits per heavy atom. The summed E-state index contributed by atoms with van der Waals surface area (Å²) in [4.78, 5) is 37.3. The van der Waals surface area contributed by atoms with Gasteiger partial charge in [-0.2, -0.15) is 5.10 Å². The van der Waals surface area contributed by atoms with E-state index in [2.05, 4.69) is 5.10 Å². The number of rotatable bonds is 4. The van der Waals surface area contributed by atoms with Crippen molar-refractivity contribution in [3.8, 4) is 11.3 Å². The van der Waals surface area contributed by atoms with Gasteiger partial charge in [0.15, 0.2) is 11.8 Å². The quantitative estimate of drug-likeness (QED) is 0.796. The van der Waals surface area contributed by atoms with Crippen molar-refractivity contribution in [2.75, 3.05) is 14.1 Å². The largest absolute Gasteiger partial charge is 0.347 e. The smallest absolute Gasteiger partial charge is 0.267 e. The van der Waals surface area contributed by atoms with Gasteiger partial charge in [0.05, 0.1) is 5.69 Å². The van der Waals surface area contributed by atoms with Gasteiger partial charge in [0.25, 0.3) is 11.5 Å². The van der Waals surface area contributed by atoms with E-state index in [1.807, 2.05) is 0 Å². The highest BCUT2D eigenvalue weighted by Crippen LogP contribution is 2.17. The average molecular weight is 317 g/mol. The third-order valence-electron chi connectivity index (χ3n) is 3.27. The molecule has 0 bridgehead atoms. The number of halogens is 1. The Bertz CT molecular complexity index is 797. The zero-order valence-electron chi connectivity index (χ0n) is 13.0. The van der Waals surface area contributed by atoms with Crippen LogP contribution in [0.5, 0.6) is 0 Å². The van der Waals surface area contributed by atoms with Crippen molar-refractivity contribution in [1.29, 1.82) is 0 Å². The van der Waals surface area contributed by atoms with E-state index in [1.54, 1.807) is 0 Å². The van der Waals surface area contributed by atoms with E-state index < -0.39 is 29.1 Å². The molecule has 1 amide bonds. The van der Waals surface area contributed by atoms with Crippen LogP contribution in [-0.4, -0.2) is 40.5 Å². The topological polar surface area (TPSA) is 72.3 Å². The van der Waals surface area contributed by atoms with Crippen LogP contribution < -0.4 is 5.56 Å². The molecule has 1 heterocycles. The number of hydrogen-bond donors (Lipinski definition) is 0. The Morgan fingerprint density at radius 2 is 1.74 bits per heavy atom. The van der Waals surface area contributed by atoms with E-state index in [0.717, 1.165) is 4.68 Å². The summed E-state index contributed by atoms with van der Waals surface area (Å²) in [7, 11) is 2.99. The molecule has 0 spiro atoms. The molecule has 1 aromatic carbocycles. The summed E-state index contributed by atoms with van der Waals surface area (Å²) in [6, 6.07) is 6.90. The number of Topliss-reactive ketones (excluding diaryl/α,β-unsaturated/α-hetero) is 1. The minimum atomic E-state index is -1.32. The van der Waals surface area contributed by atoms with Gasteiger partial charge in [-0.05, 0) is 37.3 Å². The molecule has 0 aliphatic heterocycles. The third kappa shape index (κ3) is 3.50. The molecule has 0 aliphatic carbocycles. The average Bonchev–Trinajstić information content (AvgIpc) is 2.49. The van der Waals surface area contributed by atoms with Gasteiger partial charge in [-0.1, -0.05) is 0 Å². The first-order valence-electron chi connectivity index (χ1n) is 6.88. The van der Waals surface area contributed by atoms with Crippen molar-refractivity contribution >= 4 is 11.7 Å². The number of carbonyl (C=O) groups is 2. The molecule has 2 rings (SSSR count). The van der Waals surface area contributed by atoms with Crippen LogP contribution in [0.1, 0.15) is 13.0 Å². The first-order valence-corrected chi connectivity index (χ1v) is 6.88. The Kier molecular flexibility index (Phi) is 4.68. The Labute approximate surface area is 132 Å². The Balaban J connectivity index is 2.55. The van der Waals surface area contributed by atoms with Crippen molar-refractivity contribution in [1.82, 2.24) is 14.7 Å². The van der Waals surface area contributed by atoms with Gasteiger partial charge in [0, 0.05) is 25.7 Å². The van der Waals surface area contributed by atoms with E-state index >= 15 is 0 Å². The first kappa shape index (κ1) is 16.5. The number of amides is 1. The third-order valence-corrected chi connectivity index (χ3v) is 3.27. The van der Waals surface area contributed by atoms with Crippen LogP contribution in [-0.2, 0) is 9.59 Å². The monoisotopic (exact) mass is 317 g/mol. The fraction of sp³-hybridized carbons (Fsp3) is 0.250. The minimum absolute atomic E-state index is 0.363. The van der Waals surface area contributed by atoms with Crippen molar-refractivity contribution in [2.24, 2.45) is 0 Å². The molecular weight excluding hydrogens is 301 g/mol. The molecule has 0 saturated heterocycles. The summed E-state index contributed by atoms with van der Waals surface area (Å²) >= 11 is 0. The van der Waals surface area contributed by atoms with E-state index in [0.29, 0.717) is 11.3 Å². The van der Waals surface area contributed by atoms with E-state index in [-0.39, 0.29) is 0 Å². The number of ketones is 1. The van der Waals surface area contributed by atoms with Gasteiger partial charge in [0.2, 0.25) is 0 Å².